The number of halogens is 1. The van der Waals surface area contributed by atoms with E-state index in [1.54, 1.807) is 19.2 Å². The fourth-order valence-electron chi connectivity index (χ4n) is 2.83. The Kier molecular flexibility index (Phi) is 9.77. The summed E-state index contributed by atoms with van der Waals surface area (Å²) in [5, 5.41) is 6.34. The van der Waals surface area contributed by atoms with Crippen LogP contribution in [0, 0.1) is 5.82 Å². The first-order valence-corrected chi connectivity index (χ1v) is 10.7. The van der Waals surface area contributed by atoms with E-state index in [2.05, 4.69) is 25.6 Å². The monoisotopic (exact) mass is 456 g/mol. The number of benzene rings is 2. The second-order valence-electron chi connectivity index (χ2n) is 6.95. The van der Waals surface area contributed by atoms with E-state index >= 15 is 0 Å². The number of nitrogens with one attached hydrogen (secondary N) is 2. The maximum atomic E-state index is 13.2. The van der Waals surface area contributed by atoms with E-state index in [1.807, 2.05) is 24.3 Å². The molecule has 33 heavy (non-hydrogen) atoms. The molecule has 0 fully saturated rings. The number of anilines is 2. The van der Waals surface area contributed by atoms with Crippen molar-refractivity contribution in [3.63, 3.8) is 0 Å². The number of aromatic nitrogens is 3. The van der Waals surface area contributed by atoms with Crippen molar-refractivity contribution in [3.05, 3.63) is 59.9 Å². The molecule has 0 radical (unpaired) electrons. The third-order valence-corrected chi connectivity index (χ3v) is 4.51. The Balaban J connectivity index is 1.65. The van der Waals surface area contributed by atoms with Crippen LogP contribution in [0.4, 0.5) is 16.3 Å². The summed E-state index contributed by atoms with van der Waals surface area (Å²) >= 11 is 0. The molecule has 0 atom stereocenters. The highest BCUT2D eigenvalue weighted by Crippen LogP contribution is 2.21. The summed E-state index contributed by atoms with van der Waals surface area (Å²) in [6.07, 6.45) is 0. The molecule has 0 aliphatic rings. The quantitative estimate of drug-likeness (QED) is 0.315. The van der Waals surface area contributed by atoms with Crippen molar-refractivity contribution in [2.45, 2.75) is 6.54 Å². The van der Waals surface area contributed by atoms with Crippen LogP contribution in [0.1, 0.15) is 5.56 Å². The predicted molar refractivity (Wildman–Crippen MR) is 125 cm³/mol. The molecule has 0 spiro atoms. The second-order valence-corrected chi connectivity index (χ2v) is 6.95. The molecule has 0 aliphatic heterocycles. The lowest BCUT2D eigenvalue weighted by molar-refractivity contribution is 0.0547. The molecule has 0 aliphatic carbocycles. The number of rotatable bonds is 14. The normalized spacial score (nSPS) is 10.8. The third kappa shape index (κ3) is 8.26. The van der Waals surface area contributed by atoms with Crippen LogP contribution in [0.2, 0.25) is 0 Å². The Morgan fingerprint density at radius 3 is 2.15 bits per heavy atom. The molecule has 1 aromatic heterocycles. The fourth-order valence-corrected chi connectivity index (χ4v) is 2.83. The first kappa shape index (κ1) is 24.3. The number of hydrogen-bond acceptors (Lipinski definition) is 9. The van der Waals surface area contributed by atoms with E-state index in [1.165, 1.54) is 12.1 Å². The second kappa shape index (κ2) is 13.3. The highest BCUT2D eigenvalue weighted by molar-refractivity contribution is 5.59. The van der Waals surface area contributed by atoms with E-state index in [0.29, 0.717) is 63.8 Å². The van der Waals surface area contributed by atoms with Crippen LogP contribution in [-0.2, 0) is 16.0 Å². The molecule has 0 unspecified atom stereocenters. The van der Waals surface area contributed by atoms with Crippen LogP contribution in [-0.4, -0.2) is 61.6 Å². The Morgan fingerprint density at radius 1 is 0.818 bits per heavy atom. The van der Waals surface area contributed by atoms with Gasteiger partial charge in [0.05, 0.1) is 33.5 Å². The molecule has 10 heteroatoms. The Labute approximate surface area is 192 Å². The number of methoxy groups -OCH3 is 1. The minimum atomic E-state index is -0.277. The Hall–Kier alpha value is -3.34. The van der Waals surface area contributed by atoms with Gasteiger partial charge < -0.3 is 30.6 Å². The first-order valence-electron chi connectivity index (χ1n) is 10.7. The molecular formula is C23H29FN6O3. The largest absolute Gasteiger partial charge is 0.497 e. The molecule has 2 aromatic carbocycles. The highest BCUT2D eigenvalue weighted by atomic mass is 19.1. The van der Waals surface area contributed by atoms with Gasteiger partial charge in [0.1, 0.15) is 11.6 Å². The molecule has 0 saturated carbocycles. The number of nitrogens with zero attached hydrogens (tertiary/aromatic N) is 3. The Bertz CT molecular complexity index is 973. The summed E-state index contributed by atoms with van der Waals surface area (Å²) in [5.41, 5.74) is 7.10. The lowest BCUT2D eigenvalue weighted by Crippen LogP contribution is -2.16. The van der Waals surface area contributed by atoms with Gasteiger partial charge in [-0.25, -0.2) is 4.39 Å². The van der Waals surface area contributed by atoms with Crippen LogP contribution in [0.3, 0.4) is 0 Å². The summed E-state index contributed by atoms with van der Waals surface area (Å²) < 4.78 is 29.2. The SMILES string of the molecule is COc1ccc(-c2nc(NCCOCCOCCN)nc(NCc3ccc(F)cc3)n2)cc1. The maximum Gasteiger partial charge on any atom is 0.228 e. The predicted octanol–water partition coefficient (Wildman–Crippen LogP) is 2.70. The van der Waals surface area contributed by atoms with Crippen LogP contribution in [0.5, 0.6) is 5.75 Å². The van der Waals surface area contributed by atoms with Gasteiger partial charge in [0, 0.05) is 25.2 Å². The molecule has 0 amide bonds. The molecule has 4 N–H and O–H groups in total. The van der Waals surface area contributed by atoms with Crippen molar-refractivity contribution in [3.8, 4) is 17.1 Å². The molecule has 3 rings (SSSR count). The highest BCUT2D eigenvalue weighted by Gasteiger charge is 2.09. The summed E-state index contributed by atoms with van der Waals surface area (Å²) in [4.78, 5) is 13.5. The van der Waals surface area contributed by atoms with E-state index < -0.39 is 0 Å². The lowest BCUT2D eigenvalue weighted by atomic mass is 10.2. The number of nitrogens with two attached hydrogens (primary N) is 1. The zero-order chi connectivity index (χ0) is 23.3. The van der Waals surface area contributed by atoms with Crippen molar-refractivity contribution in [1.29, 1.82) is 0 Å². The zero-order valence-electron chi connectivity index (χ0n) is 18.6. The number of ether oxygens (including phenoxy) is 3. The lowest BCUT2D eigenvalue weighted by Gasteiger charge is -2.11. The van der Waals surface area contributed by atoms with Gasteiger partial charge in [-0.2, -0.15) is 15.0 Å². The first-order chi connectivity index (χ1) is 16.2. The van der Waals surface area contributed by atoms with E-state index in [4.69, 9.17) is 19.9 Å². The fraction of sp³-hybridized carbons (Fsp3) is 0.348. The average Bonchev–Trinajstić information content (AvgIpc) is 2.85. The number of hydrogen-bond donors (Lipinski definition) is 3. The van der Waals surface area contributed by atoms with E-state index in [-0.39, 0.29) is 5.82 Å². The smallest absolute Gasteiger partial charge is 0.228 e. The molecule has 0 bridgehead atoms. The maximum absolute atomic E-state index is 13.2. The summed E-state index contributed by atoms with van der Waals surface area (Å²) in [6, 6.07) is 13.7. The van der Waals surface area contributed by atoms with Gasteiger partial charge >= 0.3 is 0 Å². The zero-order valence-corrected chi connectivity index (χ0v) is 18.6. The standard InChI is InChI=1S/C23H29FN6O3/c1-31-20-8-4-18(5-9-20)21-28-22(26-11-13-33-15-14-32-12-10-25)30-23(29-21)27-16-17-2-6-19(24)7-3-17/h2-9H,10-16,25H2,1H3,(H2,26,27,28,29,30). The Morgan fingerprint density at radius 2 is 1.48 bits per heavy atom. The van der Waals surface area contributed by atoms with Gasteiger partial charge in [-0.3, -0.25) is 0 Å². The van der Waals surface area contributed by atoms with Crippen molar-refractivity contribution >= 4 is 11.9 Å². The molecule has 176 valence electrons. The van der Waals surface area contributed by atoms with Crippen LogP contribution in [0.25, 0.3) is 11.4 Å². The summed E-state index contributed by atoms with van der Waals surface area (Å²) in [5.74, 6) is 1.79. The minimum absolute atomic E-state index is 0.277. The van der Waals surface area contributed by atoms with Crippen molar-refractivity contribution in [2.75, 3.05) is 57.3 Å². The third-order valence-electron chi connectivity index (χ3n) is 4.51. The van der Waals surface area contributed by atoms with Crippen molar-refractivity contribution in [1.82, 2.24) is 15.0 Å². The molecular weight excluding hydrogens is 427 g/mol. The molecule has 1 heterocycles. The van der Waals surface area contributed by atoms with Gasteiger partial charge in [0.25, 0.3) is 0 Å². The van der Waals surface area contributed by atoms with E-state index in [0.717, 1.165) is 16.9 Å². The molecule has 0 saturated heterocycles. The van der Waals surface area contributed by atoms with Gasteiger partial charge in [0.2, 0.25) is 11.9 Å². The summed E-state index contributed by atoms with van der Waals surface area (Å²) in [7, 11) is 1.61. The van der Waals surface area contributed by atoms with Gasteiger partial charge in [-0.1, -0.05) is 12.1 Å². The van der Waals surface area contributed by atoms with Crippen molar-refractivity contribution in [2.24, 2.45) is 5.73 Å². The van der Waals surface area contributed by atoms with Crippen LogP contribution >= 0.6 is 0 Å². The van der Waals surface area contributed by atoms with E-state index in [9.17, 15) is 4.39 Å². The molecule has 9 nitrogen and oxygen atoms in total. The summed E-state index contributed by atoms with van der Waals surface area (Å²) in [6.45, 7) is 3.43. The topological polar surface area (TPSA) is 116 Å². The van der Waals surface area contributed by atoms with Crippen molar-refractivity contribution < 1.29 is 18.6 Å². The average molecular weight is 457 g/mol. The van der Waals surface area contributed by atoms with Gasteiger partial charge in [0.15, 0.2) is 5.82 Å². The van der Waals surface area contributed by atoms with Crippen LogP contribution in [0.15, 0.2) is 48.5 Å². The minimum Gasteiger partial charge on any atom is -0.497 e. The molecule has 3 aromatic rings. The van der Waals surface area contributed by atoms with Gasteiger partial charge in [-0.05, 0) is 42.0 Å². The van der Waals surface area contributed by atoms with Gasteiger partial charge in [-0.15, -0.1) is 0 Å². The van der Waals surface area contributed by atoms with Crippen LogP contribution < -0.4 is 21.1 Å².